The Kier molecular flexibility index (Phi) is 4.75. The van der Waals surface area contributed by atoms with Crippen LogP contribution in [0.5, 0.6) is 0 Å². The summed E-state index contributed by atoms with van der Waals surface area (Å²) in [5.41, 5.74) is 5.64. The van der Waals surface area contributed by atoms with E-state index in [2.05, 4.69) is 68.7 Å². The van der Waals surface area contributed by atoms with Crippen molar-refractivity contribution in [3.05, 3.63) is 47.5 Å². The van der Waals surface area contributed by atoms with Crippen LogP contribution < -0.4 is 0 Å². The van der Waals surface area contributed by atoms with Crippen molar-refractivity contribution >= 4 is 21.8 Å². The standard InChI is InChI=1S/C22H29N/c1-5-8-17(9-6-2)18-11-13-20-19-12-10-16(4)14-21(19)23(7-3)22(20)15-18/h10-15,17H,5-9H2,1-4H3. The minimum Gasteiger partial charge on any atom is -0.341 e. The molecule has 0 saturated carbocycles. The van der Waals surface area contributed by atoms with Crippen LogP contribution in [-0.4, -0.2) is 4.57 Å². The Morgan fingerprint density at radius 2 is 1.43 bits per heavy atom. The number of aromatic nitrogens is 1. The average molecular weight is 307 g/mol. The van der Waals surface area contributed by atoms with Crippen molar-refractivity contribution in [3.63, 3.8) is 0 Å². The van der Waals surface area contributed by atoms with Gasteiger partial charge in [0.1, 0.15) is 0 Å². The molecule has 0 fully saturated rings. The summed E-state index contributed by atoms with van der Waals surface area (Å²) in [5.74, 6) is 0.708. The highest BCUT2D eigenvalue weighted by atomic mass is 15.0. The van der Waals surface area contributed by atoms with E-state index >= 15 is 0 Å². The second-order valence-corrected chi connectivity index (χ2v) is 6.82. The SMILES string of the molecule is CCCC(CCC)c1ccc2c3ccc(C)cc3n(CC)c2c1. The summed E-state index contributed by atoms with van der Waals surface area (Å²) in [4.78, 5) is 0. The van der Waals surface area contributed by atoms with E-state index in [0.717, 1.165) is 6.54 Å². The van der Waals surface area contributed by atoms with Crippen molar-refractivity contribution in [2.45, 2.75) is 65.8 Å². The lowest BCUT2D eigenvalue weighted by molar-refractivity contribution is 0.561. The number of benzene rings is 2. The van der Waals surface area contributed by atoms with Gasteiger partial charge in [-0.25, -0.2) is 0 Å². The molecule has 3 rings (SSSR count). The molecular weight excluding hydrogens is 278 g/mol. The van der Waals surface area contributed by atoms with Gasteiger partial charge in [-0.2, -0.15) is 0 Å². The first-order chi connectivity index (χ1) is 11.2. The van der Waals surface area contributed by atoms with E-state index in [-0.39, 0.29) is 0 Å². The molecule has 0 atom stereocenters. The first-order valence-electron chi connectivity index (χ1n) is 9.22. The first kappa shape index (κ1) is 16.1. The average Bonchev–Trinajstić information content (AvgIpc) is 2.86. The van der Waals surface area contributed by atoms with Crippen molar-refractivity contribution < 1.29 is 0 Å². The van der Waals surface area contributed by atoms with Crippen LogP contribution in [0.1, 0.15) is 63.5 Å². The van der Waals surface area contributed by atoms with Gasteiger partial charge in [0.2, 0.25) is 0 Å². The van der Waals surface area contributed by atoms with Crippen LogP contribution in [0.2, 0.25) is 0 Å². The zero-order valence-electron chi connectivity index (χ0n) is 15.0. The number of nitrogens with zero attached hydrogens (tertiary/aromatic N) is 1. The van der Waals surface area contributed by atoms with Crippen molar-refractivity contribution in [1.82, 2.24) is 4.57 Å². The predicted molar refractivity (Wildman–Crippen MR) is 102 cm³/mol. The van der Waals surface area contributed by atoms with Gasteiger partial charge in [0.05, 0.1) is 0 Å². The van der Waals surface area contributed by atoms with E-state index < -0.39 is 0 Å². The van der Waals surface area contributed by atoms with Crippen LogP contribution in [0.3, 0.4) is 0 Å². The van der Waals surface area contributed by atoms with Crippen molar-refractivity contribution in [2.75, 3.05) is 0 Å². The molecule has 23 heavy (non-hydrogen) atoms. The fraction of sp³-hybridized carbons (Fsp3) is 0.455. The zero-order valence-corrected chi connectivity index (χ0v) is 15.0. The van der Waals surface area contributed by atoms with Crippen LogP contribution in [0.4, 0.5) is 0 Å². The van der Waals surface area contributed by atoms with E-state index in [4.69, 9.17) is 0 Å². The second-order valence-electron chi connectivity index (χ2n) is 6.82. The van der Waals surface area contributed by atoms with Gasteiger partial charge >= 0.3 is 0 Å². The third-order valence-electron chi connectivity index (χ3n) is 5.11. The highest BCUT2D eigenvalue weighted by Gasteiger charge is 2.14. The Balaban J connectivity index is 2.20. The summed E-state index contributed by atoms with van der Waals surface area (Å²) in [6, 6.07) is 14.0. The molecule has 0 saturated heterocycles. The zero-order chi connectivity index (χ0) is 16.4. The molecular formula is C22H29N. The molecule has 0 aliphatic heterocycles. The van der Waals surface area contributed by atoms with Gasteiger partial charge in [-0.15, -0.1) is 0 Å². The molecule has 2 aromatic carbocycles. The summed E-state index contributed by atoms with van der Waals surface area (Å²) in [6.07, 6.45) is 5.12. The van der Waals surface area contributed by atoms with Crippen molar-refractivity contribution in [1.29, 1.82) is 0 Å². The maximum Gasteiger partial charge on any atom is 0.0494 e. The highest BCUT2D eigenvalue weighted by molar-refractivity contribution is 6.08. The van der Waals surface area contributed by atoms with Crippen LogP contribution >= 0.6 is 0 Å². The van der Waals surface area contributed by atoms with E-state index in [1.165, 1.54) is 58.6 Å². The second kappa shape index (κ2) is 6.78. The largest absolute Gasteiger partial charge is 0.341 e. The summed E-state index contributed by atoms with van der Waals surface area (Å²) in [5, 5.41) is 2.79. The number of fused-ring (bicyclic) bond motifs is 3. The quantitative estimate of drug-likeness (QED) is 0.471. The summed E-state index contributed by atoms with van der Waals surface area (Å²) < 4.78 is 2.48. The smallest absolute Gasteiger partial charge is 0.0494 e. The van der Waals surface area contributed by atoms with Crippen LogP contribution in [0, 0.1) is 6.92 Å². The molecule has 3 aromatic rings. The maximum atomic E-state index is 2.48. The molecule has 1 aromatic heterocycles. The summed E-state index contributed by atoms with van der Waals surface area (Å²) in [6.45, 7) is 10.1. The van der Waals surface area contributed by atoms with Gasteiger partial charge in [0.25, 0.3) is 0 Å². The normalized spacial score (nSPS) is 11.9. The molecule has 1 heterocycles. The van der Waals surface area contributed by atoms with E-state index in [9.17, 15) is 0 Å². The molecule has 0 radical (unpaired) electrons. The molecule has 0 spiro atoms. The minimum absolute atomic E-state index is 0.708. The molecule has 0 aliphatic rings. The third-order valence-corrected chi connectivity index (χ3v) is 5.11. The molecule has 1 nitrogen and oxygen atoms in total. The topological polar surface area (TPSA) is 4.93 Å². The lowest BCUT2D eigenvalue weighted by atomic mass is 9.90. The van der Waals surface area contributed by atoms with Crippen LogP contribution in [0.25, 0.3) is 21.8 Å². The lowest BCUT2D eigenvalue weighted by Gasteiger charge is -2.16. The maximum absolute atomic E-state index is 2.48. The van der Waals surface area contributed by atoms with E-state index in [1.54, 1.807) is 0 Å². The van der Waals surface area contributed by atoms with Gasteiger partial charge in [0, 0.05) is 28.4 Å². The molecule has 0 N–H and O–H groups in total. The van der Waals surface area contributed by atoms with Gasteiger partial charge < -0.3 is 4.57 Å². The van der Waals surface area contributed by atoms with Crippen molar-refractivity contribution in [3.8, 4) is 0 Å². The molecule has 0 aliphatic carbocycles. The van der Waals surface area contributed by atoms with Gasteiger partial charge in [-0.1, -0.05) is 51.0 Å². The molecule has 0 amide bonds. The number of hydrogen-bond acceptors (Lipinski definition) is 0. The fourth-order valence-corrected chi connectivity index (χ4v) is 3.99. The predicted octanol–water partition coefficient (Wildman–Crippen LogP) is 6.81. The molecule has 122 valence electrons. The summed E-state index contributed by atoms with van der Waals surface area (Å²) >= 11 is 0. The van der Waals surface area contributed by atoms with Gasteiger partial charge in [-0.05, 0) is 55.9 Å². The molecule has 0 bridgehead atoms. The first-order valence-corrected chi connectivity index (χ1v) is 9.22. The Bertz CT molecular complexity index is 804. The van der Waals surface area contributed by atoms with E-state index in [1.807, 2.05) is 0 Å². The Morgan fingerprint density at radius 1 is 0.826 bits per heavy atom. The van der Waals surface area contributed by atoms with Gasteiger partial charge in [-0.3, -0.25) is 0 Å². The highest BCUT2D eigenvalue weighted by Crippen LogP contribution is 2.34. The minimum atomic E-state index is 0.708. The Labute approximate surface area is 140 Å². The Hall–Kier alpha value is -1.76. The Morgan fingerprint density at radius 3 is 2.04 bits per heavy atom. The van der Waals surface area contributed by atoms with Crippen LogP contribution in [-0.2, 0) is 6.54 Å². The summed E-state index contributed by atoms with van der Waals surface area (Å²) in [7, 11) is 0. The van der Waals surface area contributed by atoms with Gasteiger partial charge in [0.15, 0.2) is 0 Å². The number of rotatable bonds is 6. The molecule has 1 heteroatoms. The third kappa shape index (κ3) is 2.89. The van der Waals surface area contributed by atoms with Crippen LogP contribution in [0.15, 0.2) is 36.4 Å². The lowest BCUT2D eigenvalue weighted by Crippen LogP contribution is -1.99. The number of hydrogen-bond donors (Lipinski definition) is 0. The molecule has 0 unspecified atom stereocenters. The number of aryl methyl sites for hydroxylation is 2. The van der Waals surface area contributed by atoms with Crippen molar-refractivity contribution in [2.24, 2.45) is 0 Å². The van der Waals surface area contributed by atoms with E-state index in [0.29, 0.717) is 5.92 Å². The monoisotopic (exact) mass is 307 g/mol. The fourth-order valence-electron chi connectivity index (χ4n) is 3.99.